The van der Waals surface area contributed by atoms with Crippen LogP contribution in [0, 0.1) is 0 Å². The highest BCUT2D eigenvalue weighted by Crippen LogP contribution is 2.26. The summed E-state index contributed by atoms with van der Waals surface area (Å²) in [6, 6.07) is 12.0. The monoisotopic (exact) mass is 468 g/mol. The fraction of sp³-hybridized carbons (Fsp3) is 0.350. The lowest BCUT2D eigenvalue weighted by Gasteiger charge is -2.21. The van der Waals surface area contributed by atoms with Gasteiger partial charge in [0.15, 0.2) is 0 Å². The minimum Gasteiger partial charge on any atom is -0.496 e. The molecular weight excluding hydrogens is 444 g/mol. The largest absolute Gasteiger partial charge is 0.496 e. The fourth-order valence-electron chi connectivity index (χ4n) is 2.60. The second-order valence-electron chi connectivity index (χ2n) is 7.37. The summed E-state index contributed by atoms with van der Waals surface area (Å²) >= 11 is 3.42. The van der Waals surface area contributed by atoms with Gasteiger partial charge in [-0.1, -0.05) is 18.2 Å². The van der Waals surface area contributed by atoms with Gasteiger partial charge in [0.2, 0.25) is 15.9 Å². The molecule has 0 radical (unpaired) electrons. The van der Waals surface area contributed by atoms with E-state index < -0.39 is 15.6 Å². The number of aryl methyl sites for hydroxylation is 1. The van der Waals surface area contributed by atoms with Gasteiger partial charge in [-0.2, -0.15) is 0 Å². The van der Waals surface area contributed by atoms with Crippen LogP contribution in [0.3, 0.4) is 0 Å². The molecule has 0 aliphatic rings. The van der Waals surface area contributed by atoms with Gasteiger partial charge in [-0.15, -0.1) is 0 Å². The van der Waals surface area contributed by atoms with Crippen molar-refractivity contribution < 1.29 is 17.9 Å². The first-order valence-corrected chi connectivity index (χ1v) is 11.0. The summed E-state index contributed by atoms with van der Waals surface area (Å²) < 4.78 is 33.9. The lowest BCUT2D eigenvalue weighted by atomic mass is 10.1. The molecule has 0 saturated carbocycles. The molecule has 2 N–H and O–H groups in total. The second-order valence-corrected chi connectivity index (χ2v) is 9.87. The van der Waals surface area contributed by atoms with Gasteiger partial charge in [0.1, 0.15) is 10.6 Å². The first kappa shape index (κ1) is 22.4. The molecule has 1 amide bonds. The van der Waals surface area contributed by atoms with Crippen LogP contribution in [-0.2, 0) is 21.2 Å². The molecule has 2 rings (SSSR count). The van der Waals surface area contributed by atoms with E-state index in [0.29, 0.717) is 6.42 Å². The lowest BCUT2D eigenvalue weighted by Crippen LogP contribution is -2.40. The zero-order valence-electron chi connectivity index (χ0n) is 16.4. The number of hydrogen-bond donors (Lipinski definition) is 2. The summed E-state index contributed by atoms with van der Waals surface area (Å²) in [5.41, 5.74) is 0.607. The fourth-order valence-corrected chi connectivity index (χ4v) is 4.77. The Balaban J connectivity index is 2.10. The third-order valence-corrected chi connectivity index (χ3v) is 6.18. The number of carbonyl (C=O) groups is 1. The average Bonchev–Trinajstić information content (AvgIpc) is 2.58. The van der Waals surface area contributed by atoms with E-state index in [2.05, 4.69) is 26.0 Å². The molecule has 8 heteroatoms. The van der Waals surface area contributed by atoms with Crippen molar-refractivity contribution in [3.05, 3.63) is 52.5 Å². The van der Waals surface area contributed by atoms with Crippen LogP contribution < -0.4 is 14.8 Å². The molecule has 0 spiro atoms. The van der Waals surface area contributed by atoms with E-state index in [-0.39, 0.29) is 22.9 Å². The van der Waals surface area contributed by atoms with Crippen LogP contribution in [0.25, 0.3) is 0 Å². The predicted molar refractivity (Wildman–Crippen MR) is 114 cm³/mol. The van der Waals surface area contributed by atoms with Crippen molar-refractivity contribution in [3.63, 3.8) is 0 Å². The van der Waals surface area contributed by atoms with Crippen LogP contribution >= 0.6 is 15.9 Å². The average molecular weight is 469 g/mol. The first-order chi connectivity index (χ1) is 13.0. The van der Waals surface area contributed by atoms with Crippen molar-refractivity contribution >= 4 is 37.5 Å². The Hall–Kier alpha value is -1.90. The molecule has 0 fully saturated rings. The number of ether oxygens (including phenoxy) is 1. The number of nitrogens with one attached hydrogen (secondary N) is 2. The molecule has 0 aromatic heterocycles. The van der Waals surface area contributed by atoms with Crippen LogP contribution in [0.15, 0.2) is 51.8 Å². The molecule has 2 aromatic rings. The molecule has 0 unspecified atom stereocenters. The first-order valence-electron chi connectivity index (χ1n) is 8.77. The van der Waals surface area contributed by atoms with E-state index in [9.17, 15) is 13.2 Å². The molecular formula is C20H25BrN2O4S. The molecule has 0 saturated heterocycles. The van der Waals surface area contributed by atoms with Gasteiger partial charge in [0.25, 0.3) is 0 Å². The van der Waals surface area contributed by atoms with Crippen LogP contribution in [0.4, 0.5) is 5.69 Å². The number of carbonyl (C=O) groups excluding carboxylic acids is 1. The maximum Gasteiger partial charge on any atom is 0.243 e. The van der Waals surface area contributed by atoms with Gasteiger partial charge in [-0.05, 0) is 73.0 Å². The van der Waals surface area contributed by atoms with E-state index in [1.807, 2.05) is 18.2 Å². The maximum atomic E-state index is 12.6. The van der Waals surface area contributed by atoms with Crippen LogP contribution in [0.1, 0.15) is 32.8 Å². The smallest absolute Gasteiger partial charge is 0.243 e. The molecule has 6 nitrogen and oxygen atoms in total. The van der Waals surface area contributed by atoms with Gasteiger partial charge in [-0.25, -0.2) is 13.1 Å². The summed E-state index contributed by atoms with van der Waals surface area (Å²) in [5, 5.41) is 2.72. The van der Waals surface area contributed by atoms with E-state index in [1.165, 1.54) is 6.07 Å². The molecule has 0 atom stereocenters. The number of rotatable bonds is 7. The van der Waals surface area contributed by atoms with Crippen molar-refractivity contribution in [1.82, 2.24) is 4.72 Å². The van der Waals surface area contributed by atoms with Crippen LogP contribution in [0.5, 0.6) is 5.75 Å². The topological polar surface area (TPSA) is 84.5 Å². The van der Waals surface area contributed by atoms with Gasteiger partial charge >= 0.3 is 0 Å². The van der Waals surface area contributed by atoms with Crippen molar-refractivity contribution in [3.8, 4) is 5.75 Å². The summed E-state index contributed by atoms with van der Waals surface area (Å²) in [4.78, 5) is 12.4. The van der Waals surface area contributed by atoms with E-state index in [4.69, 9.17) is 4.74 Å². The molecule has 2 aromatic carbocycles. The van der Waals surface area contributed by atoms with Crippen molar-refractivity contribution in [2.24, 2.45) is 0 Å². The standard InChI is InChI=1S/C20H25BrN2O4S/c1-20(2,3)23-28(25,26)18-8-6-5-7-16(18)22-19(24)12-10-14-9-11-17(27-4)15(21)13-14/h5-9,11,13,23H,10,12H2,1-4H3,(H,22,24). The Bertz CT molecular complexity index is 953. The highest BCUT2D eigenvalue weighted by molar-refractivity contribution is 9.10. The van der Waals surface area contributed by atoms with E-state index in [1.54, 1.807) is 46.1 Å². The number of sulfonamides is 1. The zero-order valence-corrected chi connectivity index (χ0v) is 18.8. The Labute approximate surface area is 174 Å². The molecule has 0 bridgehead atoms. The molecule has 0 aliphatic carbocycles. The Kier molecular flexibility index (Phi) is 7.25. The predicted octanol–water partition coefficient (Wildman–Crippen LogP) is 4.11. The second kappa shape index (κ2) is 9.07. The third-order valence-electron chi connectivity index (χ3n) is 3.75. The van der Waals surface area contributed by atoms with Gasteiger partial charge in [0, 0.05) is 12.0 Å². The van der Waals surface area contributed by atoms with Gasteiger partial charge in [0.05, 0.1) is 17.3 Å². The highest BCUT2D eigenvalue weighted by atomic mass is 79.9. The van der Waals surface area contributed by atoms with Crippen molar-refractivity contribution in [2.45, 2.75) is 44.0 Å². The molecule has 28 heavy (non-hydrogen) atoms. The quantitative estimate of drug-likeness (QED) is 0.640. The zero-order chi connectivity index (χ0) is 20.9. The molecule has 152 valence electrons. The SMILES string of the molecule is COc1ccc(CCC(=O)Nc2ccccc2S(=O)(=O)NC(C)(C)C)cc1Br. The van der Waals surface area contributed by atoms with Crippen molar-refractivity contribution in [2.75, 3.05) is 12.4 Å². The minimum atomic E-state index is -3.76. The third kappa shape index (κ3) is 6.32. The minimum absolute atomic E-state index is 0.0467. The van der Waals surface area contributed by atoms with Crippen LogP contribution in [0.2, 0.25) is 0 Å². The highest BCUT2D eigenvalue weighted by Gasteiger charge is 2.24. The van der Waals surface area contributed by atoms with Crippen molar-refractivity contribution in [1.29, 1.82) is 0 Å². The summed E-state index contributed by atoms with van der Waals surface area (Å²) in [6.45, 7) is 5.29. The Morgan fingerprint density at radius 3 is 2.43 bits per heavy atom. The van der Waals surface area contributed by atoms with E-state index >= 15 is 0 Å². The van der Waals surface area contributed by atoms with Gasteiger partial charge in [-0.3, -0.25) is 4.79 Å². The number of amides is 1. The summed E-state index contributed by atoms with van der Waals surface area (Å²) in [5.74, 6) is 0.462. The Morgan fingerprint density at radius 1 is 1.14 bits per heavy atom. The summed E-state index contributed by atoms with van der Waals surface area (Å²) in [6.07, 6.45) is 0.740. The number of para-hydroxylation sites is 1. The number of anilines is 1. The number of methoxy groups -OCH3 is 1. The molecule has 0 heterocycles. The Morgan fingerprint density at radius 2 is 1.82 bits per heavy atom. The molecule has 0 aliphatic heterocycles. The number of benzene rings is 2. The lowest BCUT2D eigenvalue weighted by molar-refractivity contribution is -0.116. The van der Waals surface area contributed by atoms with Crippen LogP contribution in [-0.4, -0.2) is 27.0 Å². The van der Waals surface area contributed by atoms with E-state index in [0.717, 1.165) is 15.8 Å². The number of halogens is 1. The maximum absolute atomic E-state index is 12.6. The number of hydrogen-bond acceptors (Lipinski definition) is 4. The van der Waals surface area contributed by atoms with Gasteiger partial charge < -0.3 is 10.1 Å². The summed E-state index contributed by atoms with van der Waals surface area (Å²) in [7, 11) is -2.17. The normalized spacial score (nSPS) is 11.9.